The Balaban J connectivity index is 2.51. The predicted molar refractivity (Wildman–Crippen MR) is 60.5 cm³/mol. The Bertz CT molecular complexity index is 275. The molecule has 78 valence electrons. The fourth-order valence-corrected chi connectivity index (χ4v) is 1.29. The molecule has 1 rings (SSSR count). The fraction of sp³-hybridized carbons (Fsp3) is 0.500. The topological polar surface area (TPSA) is 54.2 Å². The van der Waals surface area contributed by atoms with Gasteiger partial charge in [0.2, 0.25) is 0 Å². The van der Waals surface area contributed by atoms with E-state index in [0.717, 1.165) is 31.0 Å². The van der Waals surface area contributed by atoms with E-state index in [1.807, 2.05) is 13.1 Å². The lowest BCUT2D eigenvalue weighted by atomic mass is 10.3. The van der Waals surface area contributed by atoms with Crippen LogP contribution in [-0.2, 0) is 0 Å². The van der Waals surface area contributed by atoms with Crippen LogP contribution in [-0.4, -0.2) is 31.7 Å². The van der Waals surface area contributed by atoms with Crippen LogP contribution >= 0.6 is 0 Å². The van der Waals surface area contributed by atoms with Crippen molar-refractivity contribution in [3.05, 3.63) is 18.5 Å². The molecule has 0 saturated carbocycles. The van der Waals surface area contributed by atoms with Crippen molar-refractivity contribution in [2.75, 3.05) is 37.3 Å². The molecule has 0 aliphatic carbocycles. The first-order valence-corrected chi connectivity index (χ1v) is 4.87. The van der Waals surface area contributed by atoms with Crippen molar-refractivity contribution < 1.29 is 0 Å². The Morgan fingerprint density at radius 1 is 1.57 bits per heavy atom. The average Bonchev–Trinajstić information content (AvgIpc) is 2.18. The summed E-state index contributed by atoms with van der Waals surface area (Å²) in [5.74, 6) is 0. The first-order chi connectivity index (χ1) is 6.75. The third kappa shape index (κ3) is 2.88. The van der Waals surface area contributed by atoms with Gasteiger partial charge in [0.1, 0.15) is 0 Å². The van der Waals surface area contributed by atoms with Crippen LogP contribution in [0.3, 0.4) is 0 Å². The van der Waals surface area contributed by atoms with Gasteiger partial charge in [0.15, 0.2) is 0 Å². The largest absolute Gasteiger partial charge is 0.396 e. The van der Waals surface area contributed by atoms with Crippen LogP contribution in [0.2, 0.25) is 0 Å². The third-order valence-electron chi connectivity index (χ3n) is 2.11. The van der Waals surface area contributed by atoms with Crippen molar-refractivity contribution in [3.8, 4) is 0 Å². The number of anilines is 2. The molecular weight excluding hydrogens is 176 g/mol. The van der Waals surface area contributed by atoms with E-state index < -0.39 is 0 Å². The highest BCUT2D eigenvalue weighted by atomic mass is 15.1. The number of aromatic nitrogens is 1. The fourth-order valence-electron chi connectivity index (χ4n) is 1.29. The monoisotopic (exact) mass is 194 g/mol. The maximum Gasteiger partial charge on any atom is 0.0738 e. The molecule has 0 saturated heterocycles. The molecular formula is C10H18N4. The summed E-state index contributed by atoms with van der Waals surface area (Å²) in [6.45, 7) is 5.01. The van der Waals surface area contributed by atoms with E-state index in [2.05, 4.69) is 22.1 Å². The number of hydrogen-bond donors (Lipinski definition) is 2. The van der Waals surface area contributed by atoms with Gasteiger partial charge in [-0.15, -0.1) is 0 Å². The lowest BCUT2D eigenvalue weighted by Gasteiger charge is -2.20. The molecule has 0 unspecified atom stereocenters. The van der Waals surface area contributed by atoms with Gasteiger partial charge in [0.25, 0.3) is 0 Å². The number of nitrogens with one attached hydrogen (secondary N) is 1. The number of hydrogen-bond acceptors (Lipinski definition) is 4. The van der Waals surface area contributed by atoms with Gasteiger partial charge in [-0.25, -0.2) is 0 Å². The number of nitrogen functional groups attached to an aromatic ring is 1. The Labute approximate surface area is 85.1 Å². The molecule has 0 fully saturated rings. The highest BCUT2D eigenvalue weighted by molar-refractivity contribution is 5.65. The van der Waals surface area contributed by atoms with Crippen LogP contribution in [0.5, 0.6) is 0 Å². The summed E-state index contributed by atoms with van der Waals surface area (Å²) in [7, 11) is 2.03. The van der Waals surface area contributed by atoms with E-state index >= 15 is 0 Å². The number of nitrogens with two attached hydrogens (primary N) is 1. The molecule has 4 nitrogen and oxygen atoms in total. The minimum absolute atomic E-state index is 0.728. The van der Waals surface area contributed by atoms with E-state index in [-0.39, 0.29) is 0 Å². The van der Waals surface area contributed by atoms with Crippen LogP contribution in [0.1, 0.15) is 6.92 Å². The summed E-state index contributed by atoms with van der Waals surface area (Å²) < 4.78 is 0. The quantitative estimate of drug-likeness (QED) is 0.678. The molecule has 0 aromatic carbocycles. The van der Waals surface area contributed by atoms with Crippen LogP contribution in [0.4, 0.5) is 11.4 Å². The second-order valence-electron chi connectivity index (χ2n) is 3.21. The zero-order valence-corrected chi connectivity index (χ0v) is 8.83. The number of likely N-dealkylation sites (N-methyl/N-ethyl adjacent to an activating group) is 2. The molecule has 1 aromatic rings. The molecule has 1 aromatic heterocycles. The van der Waals surface area contributed by atoms with Gasteiger partial charge in [-0.05, 0) is 12.6 Å². The normalized spacial score (nSPS) is 10.1. The molecule has 1 heterocycles. The summed E-state index contributed by atoms with van der Waals surface area (Å²) >= 11 is 0. The molecule has 0 amide bonds. The third-order valence-corrected chi connectivity index (χ3v) is 2.11. The van der Waals surface area contributed by atoms with Crippen LogP contribution < -0.4 is 16.0 Å². The van der Waals surface area contributed by atoms with Gasteiger partial charge in [0, 0.05) is 26.3 Å². The Kier molecular flexibility index (Phi) is 4.19. The highest BCUT2D eigenvalue weighted by Gasteiger charge is 2.03. The molecule has 0 radical (unpaired) electrons. The minimum Gasteiger partial charge on any atom is -0.396 e. The lowest BCUT2D eigenvalue weighted by molar-refractivity contribution is 0.706. The number of pyridine rings is 1. The van der Waals surface area contributed by atoms with Gasteiger partial charge in [-0.3, -0.25) is 4.98 Å². The number of rotatable bonds is 5. The van der Waals surface area contributed by atoms with Gasteiger partial charge < -0.3 is 16.0 Å². The summed E-state index contributed by atoms with van der Waals surface area (Å²) in [4.78, 5) is 6.08. The van der Waals surface area contributed by atoms with Gasteiger partial charge in [-0.1, -0.05) is 6.92 Å². The van der Waals surface area contributed by atoms with E-state index in [1.165, 1.54) is 0 Å². The van der Waals surface area contributed by atoms with Crippen LogP contribution in [0.25, 0.3) is 0 Å². The molecule has 0 bridgehead atoms. The van der Waals surface area contributed by atoms with E-state index in [0.29, 0.717) is 0 Å². The first kappa shape index (κ1) is 10.8. The standard InChI is InChI=1S/C10H18N4/c1-3-12-6-7-14(2)10-4-5-13-8-9(10)11/h4-5,8,12H,3,6-7,11H2,1-2H3. The zero-order valence-electron chi connectivity index (χ0n) is 8.83. The maximum absolute atomic E-state index is 5.80. The second-order valence-corrected chi connectivity index (χ2v) is 3.21. The number of nitrogens with zero attached hydrogens (tertiary/aromatic N) is 2. The van der Waals surface area contributed by atoms with Crippen LogP contribution in [0, 0.1) is 0 Å². The van der Waals surface area contributed by atoms with Gasteiger partial charge in [-0.2, -0.15) is 0 Å². The average molecular weight is 194 g/mol. The molecule has 0 aliphatic rings. The van der Waals surface area contributed by atoms with Crippen molar-refractivity contribution in [3.63, 3.8) is 0 Å². The van der Waals surface area contributed by atoms with E-state index in [4.69, 9.17) is 5.73 Å². The van der Waals surface area contributed by atoms with Crippen molar-refractivity contribution in [2.24, 2.45) is 0 Å². The molecule has 0 aliphatic heterocycles. The predicted octanol–water partition coefficient (Wildman–Crippen LogP) is 0.709. The molecule has 4 heteroatoms. The summed E-state index contributed by atoms with van der Waals surface area (Å²) in [6.07, 6.45) is 3.44. The van der Waals surface area contributed by atoms with Gasteiger partial charge >= 0.3 is 0 Å². The minimum atomic E-state index is 0.728. The van der Waals surface area contributed by atoms with Crippen molar-refractivity contribution in [1.82, 2.24) is 10.3 Å². The van der Waals surface area contributed by atoms with E-state index in [9.17, 15) is 0 Å². The summed E-state index contributed by atoms with van der Waals surface area (Å²) in [5, 5.41) is 3.27. The zero-order chi connectivity index (χ0) is 10.4. The molecule has 14 heavy (non-hydrogen) atoms. The van der Waals surface area contributed by atoms with E-state index in [1.54, 1.807) is 12.4 Å². The van der Waals surface area contributed by atoms with Crippen molar-refractivity contribution >= 4 is 11.4 Å². The Hall–Kier alpha value is -1.29. The Morgan fingerprint density at radius 2 is 2.36 bits per heavy atom. The smallest absolute Gasteiger partial charge is 0.0738 e. The van der Waals surface area contributed by atoms with Gasteiger partial charge in [0.05, 0.1) is 17.6 Å². The van der Waals surface area contributed by atoms with Crippen LogP contribution in [0.15, 0.2) is 18.5 Å². The second kappa shape index (κ2) is 5.44. The Morgan fingerprint density at radius 3 is 3.00 bits per heavy atom. The van der Waals surface area contributed by atoms with Crippen molar-refractivity contribution in [2.45, 2.75) is 6.92 Å². The molecule has 0 spiro atoms. The highest BCUT2D eigenvalue weighted by Crippen LogP contribution is 2.18. The lowest BCUT2D eigenvalue weighted by Crippen LogP contribution is -2.29. The molecule has 0 atom stereocenters. The summed E-state index contributed by atoms with van der Waals surface area (Å²) in [5.41, 5.74) is 7.57. The SMILES string of the molecule is CCNCCN(C)c1ccncc1N. The van der Waals surface area contributed by atoms with Crippen molar-refractivity contribution in [1.29, 1.82) is 0 Å². The maximum atomic E-state index is 5.80. The summed E-state index contributed by atoms with van der Waals surface area (Å²) in [6, 6.07) is 1.93. The first-order valence-electron chi connectivity index (χ1n) is 4.87. The molecule has 3 N–H and O–H groups in total.